The molecule has 58 heavy (non-hydrogen) atoms. The normalized spacial score (nSPS) is 22.5. The standard InChI is InChI=1S/C43H56N10O5/c1-27-42(57)50(2)36-26-45-43(48-39(36)53(27)33-6-4-5-7-33)46-35-14-10-30(24-37(35)58-3)40(55)49-52-22-16-28(17-23-52)25-44-31-18-20-51(21-19-31)32-11-8-29(9-12-32)34-13-15-38(54)47-41(34)56/h8-12,14,24,26-28,31,33-34,44H,4-7,13,15-23,25H2,1-3H3,(H,49,55)(H,45,46,48)(H,47,54,56)/t27-,34?/m1/s1. The van der Waals surface area contributed by atoms with Crippen molar-refractivity contribution in [2.45, 2.75) is 95.2 Å². The molecule has 308 valence electrons. The van der Waals surface area contributed by atoms with Crippen LogP contribution < -0.4 is 40.8 Å². The highest BCUT2D eigenvalue weighted by Gasteiger charge is 2.40. The summed E-state index contributed by atoms with van der Waals surface area (Å²) in [5, 5.41) is 11.6. The van der Waals surface area contributed by atoms with E-state index in [0.717, 1.165) is 95.5 Å². The summed E-state index contributed by atoms with van der Waals surface area (Å²) in [5.74, 6) is 1.42. The van der Waals surface area contributed by atoms with Crippen LogP contribution in [0.1, 0.15) is 93.0 Å². The Balaban J connectivity index is 0.786. The van der Waals surface area contributed by atoms with Gasteiger partial charge in [-0.05, 0) is 100 Å². The molecule has 1 unspecified atom stereocenters. The van der Waals surface area contributed by atoms with Crippen molar-refractivity contribution in [1.82, 2.24) is 31.0 Å². The van der Waals surface area contributed by atoms with Crippen molar-refractivity contribution >= 4 is 52.5 Å². The smallest absolute Gasteiger partial charge is 0.265 e. The van der Waals surface area contributed by atoms with Crippen molar-refractivity contribution in [2.24, 2.45) is 5.92 Å². The number of likely N-dealkylation sites (N-methyl/N-ethyl adjacent to an activating group) is 1. The monoisotopic (exact) mass is 792 g/mol. The van der Waals surface area contributed by atoms with Crippen LogP contribution >= 0.6 is 0 Å². The number of piperidine rings is 3. The number of nitrogens with one attached hydrogen (secondary N) is 4. The maximum atomic E-state index is 13.4. The maximum absolute atomic E-state index is 13.4. The van der Waals surface area contributed by atoms with Gasteiger partial charge in [-0.25, -0.2) is 9.99 Å². The first kappa shape index (κ1) is 39.5. The Kier molecular flexibility index (Phi) is 11.8. The number of ether oxygens (including phenoxy) is 1. The van der Waals surface area contributed by atoms with Crippen molar-refractivity contribution in [2.75, 3.05) is 66.9 Å². The number of nitrogens with zero attached hydrogens (tertiary/aromatic N) is 6. The van der Waals surface area contributed by atoms with E-state index in [9.17, 15) is 19.2 Å². The lowest BCUT2D eigenvalue weighted by atomic mass is 9.90. The molecule has 4 amide bonds. The first-order valence-electron chi connectivity index (χ1n) is 21.0. The molecule has 3 aromatic rings. The highest BCUT2D eigenvalue weighted by atomic mass is 16.5. The third-order valence-electron chi connectivity index (χ3n) is 12.9. The number of benzene rings is 2. The Morgan fingerprint density at radius 2 is 1.67 bits per heavy atom. The van der Waals surface area contributed by atoms with Crippen LogP contribution in [0.5, 0.6) is 5.75 Å². The van der Waals surface area contributed by atoms with E-state index in [1.54, 1.807) is 37.4 Å². The SMILES string of the molecule is COc1cc(C(=O)NN2CCC(CNC3CCN(c4ccc(C5CCC(=O)NC5=O)cc4)CC3)CC2)ccc1Nc1ncc2c(n1)N(C1CCCC1)[C@H](C)C(=O)N2C. The fourth-order valence-corrected chi connectivity index (χ4v) is 9.34. The van der Waals surface area contributed by atoms with Crippen molar-refractivity contribution in [3.63, 3.8) is 0 Å². The number of methoxy groups -OCH3 is 1. The lowest BCUT2D eigenvalue weighted by molar-refractivity contribution is -0.134. The van der Waals surface area contributed by atoms with Crippen molar-refractivity contribution in [3.05, 3.63) is 59.8 Å². The fourth-order valence-electron chi connectivity index (χ4n) is 9.34. The number of imide groups is 1. The van der Waals surface area contributed by atoms with E-state index in [2.05, 4.69) is 48.3 Å². The van der Waals surface area contributed by atoms with Gasteiger partial charge in [-0.3, -0.25) is 29.9 Å². The van der Waals surface area contributed by atoms with E-state index in [1.165, 1.54) is 5.69 Å². The van der Waals surface area contributed by atoms with Gasteiger partial charge in [0.05, 0.1) is 24.9 Å². The highest BCUT2D eigenvalue weighted by molar-refractivity contribution is 6.04. The summed E-state index contributed by atoms with van der Waals surface area (Å²) in [7, 11) is 3.35. The molecule has 4 fully saturated rings. The molecule has 0 spiro atoms. The van der Waals surface area contributed by atoms with Gasteiger partial charge in [0, 0.05) is 63.0 Å². The Bertz CT molecular complexity index is 1990. The summed E-state index contributed by atoms with van der Waals surface area (Å²) in [6.45, 7) is 6.45. The predicted octanol–water partition coefficient (Wildman–Crippen LogP) is 4.48. The van der Waals surface area contributed by atoms with Gasteiger partial charge in [-0.1, -0.05) is 25.0 Å². The Labute approximate surface area is 340 Å². The number of carbonyl (C=O) groups is 4. The number of amides is 4. The zero-order valence-electron chi connectivity index (χ0n) is 33.8. The van der Waals surface area contributed by atoms with E-state index in [0.29, 0.717) is 53.4 Å². The second kappa shape index (κ2) is 17.3. The number of carbonyl (C=O) groups excluding carboxylic acids is 4. The molecule has 0 bridgehead atoms. The van der Waals surface area contributed by atoms with Gasteiger partial charge in [0.1, 0.15) is 17.5 Å². The van der Waals surface area contributed by atoms with Crippen LogP contribution in [0.3, 0.4) is 0 Å². The summed E-state index contributed by atoms with van der Waals surface area (Å²) >= 11 is 0. The van der Waals surface area contributed by atoms with Gasteiger partial charge in [0.25, 0.3) is 5.91 Å². The number of hydrogen-bond acceptors (Lipinski definition) is 12. The summed E-state index contributed by atoms with van der Waals surface area (Å²) in [6.07, 6.45) is 11.2. The van der Waals surface area contributed by atoms with Gasteiger partial charge < -0.3 is 30.1 Å². The van der Waals surface area contributed by atoms with E-state index in [1.807, 2.05) is 30.1 Å². The van der Waals surface area contributed by atoms with Gasteiger partial charge in [-0.15, -0.1) is 0 Å². The minimum Gasteiger partial charge on any atom is -0.495 e. The molecule has 5 heterocycles. The van der Waals surface area contributed by atoms with Gasteiger partial charge in [0.15, 0.2) is 5.82 Å². The number of hydrogen-bond donors (Lipinski definition) is 4. The van der Waals surface area contributed by atoms with Crippen molar-refractivity contribution < 1.29 is 23.9 Å². The molecule has 4 aliphatic heterocycles. The summed E-state index contributed by atoms with van der Waals surface area (Å²) in [4.78, 5) is 65.9. The molecule has 3 saturated heterocycles. The number of aromatic nitrogens is 2. The lowest BCUT2D eigenvalue weighted by Crippen LogP contribution is -2.54. The number of rotatable bonds is 11. The van der Waals surface area contributed by atoms with Gasteiger partial charge in [0.2, 0.25) is 23.7 Å². The summed E-state index contributed by atoms with van der Waals surface area (Å²) in [6, 6.07) is 14.0. The van der Waals surface area contributed by atoms with E-state index >= 15 is 0 Å². The van der Waals surface area contributed by atoms with Crippen molar-refractivity contribution in [1.29, 1.82) is 0 Å². The van der Waals surface area contributed by atoms with Crippen LogP contribution in [0.2, 0.25) is 0 Å². The largest absolute Gasteiger partial charge is 0.495 e. The molecule has 15 nitrogen and oxygen atoms in total. The zero-order chi connectivity index (χ0) is 40.3. The maximum Gasteiger partial charge on any atom is 0.265 e. The van der Waals surface area contributed by atoms with Crippen LogP contribution in [0.15, 0.2) is 48.7 Å². The Morgan fingerprint density at radius 1 is 0.931 bits per heavy atom. The first-order chi connectivity index (χ1) is 28.1. The quantitative estimate of drug-likeness (QED) is 0.202. The molecule has 0 radical (unpaired) electrons. The Hall–Kier alpha value is -5.28. The number of hydrazine groups is 1. The average molecular weight is 793 g/mol. The molecule has 1 saturated carbocycles. The van der Waals surface area contributed by atoms with Crippen LogP contribution in [0.4, 0.5) is 28.8 Å². The van der Waals surface area contributed by atoms with Crippen LogP contribution in [0.25, 0.3) is 0 Å². The summed E-state index contributed by atoms with van der Waals surface area (Å²) < 4.78 is 5.71. The van der Waals surface area contributed by atoms with Crippen LogP contribution in [-0.2, 0) is 14.4 Å². The van der Waals surface area contributed by atoms with Gasteiger partial charge >= 0.3 is 0 Å². The molecule has 15 heteroatoms. The molecule has 4 N–H and O–H groups in total. The summed E-state index contributed by atoms with van der Waals surface area (Å²) in [5.41, 5.74) is 7.07. The second-order valence-corrected chi connectivity index (χ2v) is 16.5. The molecule has 1 aromatic heterocycles. The second-order valence-electron chi connectivity index (χ2n) is 16.5. The van der Waals surface area contributed by atoms with Crippen LogP contribution in [-0.4, -0.2) is 104 Å². The number of fused-ring (bicyclic) bond motifs is 1. The van der Waals surface area contributed by atoms with E-state index in [4.69, 9.17) is 9.72 Å². The molecule has 2 aromatic carbocycles. The van der Waals surface area contributed by atoms with Crippen molar-refractivity contribution in [3.8, 4) is 5.75 Å². The fraction of sp³-hybridized carbons (Fsp3) is 0.535. The molecular formula is C43H56N10O5. The minimum absolute atomic E-state index is 0.0416. The first-order valence-corrected chi connectivity index (χ1v) is 21.0. The molecule has 5 aliphatic rings. The van der Waals surface area contributed by atoms with Gasteiger partial charge in [-0.2, -0.15) is 4.98 Å². The third-order valence-corrected chi connectivity index (χ3v) is 12.9. The topological polar surface area (TPSA) is 164 Å². The molecular weight excluding hydrogens is 737 g/mol. The van der Waals surface area contributed by atoms with Crippen LogP contribution in [0, 0.1) is 5.92 Å². The van der Waals surface area contributed by atoms with E-state index < -0.39 is 0 Å². The van der Waals surface area contributed by atoms with E-state index in [-0.39, 0.29) is 41.6 Å². The lowest BCUT2D eigenvalue weighted by Gasteiger charge is -2.42. The molecule has 1 aliphatic carbocycles. The zero-order valence-corrected chi connectivity index (χ0v) is 33.8. The Morgan fingerprint density at radius 3 is 2.38 bits per heavy atom. The highest BCUT2D eigenvalue weighted by Crippen LogP contribution is 2.40. The predicted molar refractivity (Wildman–Crippen MR) is 222 cm³/mol. The molecule has 2 atom stereocenters. The third kappa shape index (κ3) is 8.46. The minimum atomic E-state index is -0.305. The number of anilines is 5. The average Bonchev–Trinajstić information content (AvgIpc) is 3.78. The molecule has 8 rings (SSSR count).